The van der Waals surface area contributed by atoms with Gasteiger partial charge in [-0.05, 0) is 31.0 Å². The lowest BCUT2D eigenvalue weighted by Gasteiger charge is -2.34. The SMILES string of the molecule is CN(C)c1ccc(CNCCN2CCCCC2CO)cn1. The Bertz CT molecular complexity index is 407. The summed E-state index contributed by atoms with van der Waals surface area (Å²) in [5.41, 5.74) is 1.21. The summed E-state index contributed by atoms with van der Waals surface area (Å²) in [6.45, 7) is 4.21. The number of piperidine rings is 1. The molecular weight excluding hydrogens is 264 g/mol. The van der Waals surface area contributed by atoms with Crippen LogP contribution >= 0.6 is 0 Å². The van der Waals surface area contributed by atoms with E-state index in [0.717, 1.165) is 38.4 Å². The highest BCUT2D eigenvalue weighted by Crippen LogP contribution is 2.15. The van der Waals surface area contributed by atoms with Gasteiger partial charge in [-0.3, -0.25) is 4.90 Å². The monoisotopic (exact) mass is 292 g/mol. The summed E-state index contributed by atoms with van der Waals surface area (Å²) in [7, 11) is 3.99. The van der Waals surface area contributed by atoms with Crippen LogP contribution < -0.4 is 10.2 Å². The van der Waals surface area contributed by atoms with Gasteiger partial charge in [-0.15, -0.1) is 0 Å². The second-order valence-electron chi connectivity index (χ2n) is 5.96. The van der Waals surface area contributed by atoms with Crippen molar-refractivity contribution in [1.29, 1.82) is 0 Å². The van der Waals surface area contributed by atoms with Crippen LogP contribution in [-0.4, -0.2) is 61.4 Å². The van der Waals surface area contributed by atoms with Crippen molar-refractivity contribution >= 4 is 5.82 Å². The average molecular weight is 292 g/mol. The summed E-state index contributed by atoms with van der Waals surface area (Å²) in [6, 6.07) is 4.53. The van der Waals surface area contributed by atoms with Crippen LogP contribution in [-0.2, 0) is 6.54 Å². The average Bonchev–Trinajstić information content (AvgIpc) is 2.52. The topological polar surface area (TPSA) is 51.6 Å². The lowest BCUT2D eigenvalue weighted by Crippen LogP contribution is -2.44. The smallest absolute Gasteiger partial charge is 0.127 e. The lowest BCUT2D eigenvalue weighted by molar-refractivity contribution is 0.0910. The van der Waals surface area contributed by atoms with Gasteiger partial charge >= 0.3 is 0 Å². The Labute approximate surface area is 128 Å². The zero-order chi connectivity index (χ0) is 15.1. The molecule has 2 heterocycles. The van der Waals surface area contributed by atoms with Crippen LogP contribution in [0.1, 0.15) is 24.8 Å². The molecule has 2 rings (SSSR count). The van der Waals surface area contributed by atoms with Gasteiger partial charge in [-0.1, -0.05) is 12.5 Å². The molecule has 0 saturated carbocycles. The number of nitrogens with zero attached hydrogens (tertiary/aromatic N) is 3. The lowest BCUT2D eigenvalue weighted by atomic mass is 10.0. The number of aromatic nitrogens is 1. The predicted molar refractivity (Wildman–Crippen MR) is 86.6 cm³/mol. The number of nitrogens with one attached hydrogen (secondary N) is 1. The predicted octanol–water partition coefficient (Wildman–Crippen LogP) is 1.08. The van der Waals surface area contributed by atoms with E-state index in [-0.39, 0.29) is 6.61 Å². The fourth-order valence-electron chi connectivity index (χ4n) is 2.80. The van der Waals surface area contributed by atoms with E-state index in [1.165, 1.54) is 18.4 Å². The van der Waals surface area contributed by atoms with E-state index >= 15 is 0 Å². The van der Waals surface area contributed by atoms with Crippen molar-refractivity contribution in [2.45, 2.75) is 31.8 Å². The molecule has 118 valence electrons. The summed E-state index contributed by atoms with van der Waals surface area (Å²) in [4.78, 5) is 8.82. The van der Waals surface area contributed by atoms with Crippen molar-refractivity contribution < 1.29 is 5.11 Å². The van der Waals surface area contributed by atoms with Crippen molar-refractivity contribution in [2.75, 3.05) is 45.2 Å². The minimum atomic E-state index is 0.288. The highest BCUT2D eigenvalue weighted by Gasteiger charge is 2.20. The third-order valence-electron chi connectivity index (χ3n) is 4.13. The largest absolute Gasteiger partial charge is 0.395 e. The number of rotatable bonds is 7. The van der Waals surface area contributed by atoms with Gasteiger partial charge in [-0.25, -0.2) is 4.98 Å². The van der Waals surface area contributed by atoms with Gasteiger partial charge in [-0.2, -0.15) is 0 Å². The van der Waals surface area contributed by atoms with Gasteiger partial charge in [0.1, 0.15) is 5.82 Å². The molecule has 5 heteroatoms. The third kappa shape index (κ3) is 4.95. The third-order valence-corrected chi connectivity index (χ3v) is 4.13. The van der Waals surface area contributed by atoms with Gasteiger partial charge in [0, 0.05) is 46.0 Å². The summed E-state index contributed by atoms with van der Waals surface area (Å²) < 4.78 is 0. The molecule has 1 atom stereocenters. The fourth-order valence-corrected chi connectivity index (χ4v) is 2.80. The maximum Gasteiger partial charge on any atom is 0.127 e. The van der Waals surface area contributed by atoms with Gasteiger partial charge in [0.05, 0.1) is 6.61 Å². The second kappa shape index (κ2) is 8.32. The molecule has 5 nitrogen and oxygen atoms in total. The second-order valence-corrected chi connectivity index (χ2v) is 5.96. The van der Waals surface area contributed by atoms with Gasteiger partial charge in [0.25, 0.3) is 0 Å². The van der Waals surface area contributed by atoms with Crippen LogP contribution in [0.25, 0.3) is 0 Å². The van der Waals surface area contributed by atoms with E-state index in [4.69, 9.17) is 0 Å². The summed E-state index contributed by atoms with van der Waals surface area (Å²) in [5.74, 6) is 0.984. The summed E-state index contributed by atoms with van der Waals surface area (Å²) in [6.07, 6.45) is 5.57. The number of pyridine rings is 1. The van der Waals surface area contributed by atoms with Crippen molar-refractivity contribution in [3.63, 3.8) is 0 Å². The molecule has 1 aliphatic heterocycles. The first-order valence-electron chi connectivity index (χ1n) is 7.88. The number of anilines is 1. The van der Waals surface area contributed by atoms with Crippen LogP contribution in [0.3, 0.4) is 0 Å². The van der Waals surface area contributed by atoms with E-state index in [1.54, 1.807) is 0 Å². The highest BCUT2D eigenvalue weighted by atomic mass is 16.3. The first-order valence-corrected chi connectivity index (χ1v) is 7.88. The van der Waals surface area contributed by atoms with Crippen molar-refractivity contribution in [2.24, 2.45) is 0 Å². The van der Waals surface area contributed by atoms with Gasteiger partial charge in [0.2, 0.25) is 0 Å². The quantitative estimate of drug-likeness (QED) is 0.737. The van der Waals surface area contributed by atoms with Crippen molar-refractivity contribution in [3.8, 4) is 0 Å². The molecule has 1 aromatic heterocycles. The Kier molecular flexibility index (Phi) is 6.42. The molecule has 1 aliphatic rings. The molecule has 0 aromatic carbocycles. The van der Waals surface area contributed by atoms with Crippen LogP contribution in [0.2, 0.25) is 0 Å². The molecular formula is C16H28N4O. The molecule has 1 unspecified atom stereocenters. The zero-order valence-corrected chi connectivity index (χ0v) is 13.3. The van der Waals surface area contributed by atoms with E-state index in [0.29, 0.717) is 6.04 Å². The number of likely N-dealkylation sites (tertiary alicyclic amines) is 1. The maximum atomic E-state index is 9.39. The van der Waals surface area contributed by atoms with E-state index in [2.05, 4.69) is 21.3 Å². The van der Waals surface area contributed by atoms with E-state index < -0.39 is 0 Å². The molecule has 0 aliphatic carbocycles. The molecule has 0 radical (unpaired) electrons. The van der Waals surface area contributed by atoms with Gasteiger partial charge < -0.3 is 15.3 Å². The number of aliphatic hydroxyl groups excluding tert-OH is 1. The van der Waals surface area contributed by atoms with Crippen LogP contribution in [0.4, 0.5) is 5.82 Å². The van der Waals surface area contributed by atoms with Crippen molar-refractivity contribution in [3.05, 3.63) is 23.9 Å². The molecule has 0 spiro atoms. The molecule has 21 heavy (non-hydrogen) atoms. The molecule has 1 aromatic rings. The standard InChI is InChI=1S/C16H28N4O/c1-19(2)16-7-6-14(12-18-16)11-17-8-10-20-9-4-3-5-15(20)13-21/h6-7,12,15,17,21H,3-5,8-11,13H2,1-2H3. The van der Waals surface area contributed by atoms with Gasteiger partial charge in [0.15, 0.2) is 0 Å². The molecule has 2 N–H and O–H groups in total. The van der Waals surface area contributed by atoms with Crippen LogP contribution in [0.5, 0.6) is 0 Å². The first kappa shape index (κ1) is 16.2. The first-order chi connectivity index (χ1) is 10.2. The number of hydrogen-bond acceptors (Lipinski definition) is 5. The highest BCUT2D eigenvalue weighted by molar-refractivity contribution is 5.37. The summed E-state index contributed by atoms with van der Waals surface area (Å²) >= 11 is 0. The molecule has 0 bridgehead atoms. The molecule has 1 fully saturated rings. The summed E-state index contributed by atoms with van der Waals surface area (Å²) in [5, 5.41) is 12.9. The van der Waals surface area contributed by atoms with E-state index in [1.807, 2.05) is 31.3 Å². The van der Waals surface area contributed by atoms with Crippen molar-refractivity contribution in [1.82, 2.24) is 15.2 Å². The number of hydrogen-bond donors (Lipinski definition) is 2. The fraction of sp³-hybridized carbons (Fsp3) is 0.688. The van der Waals surface area contributed by atoms with Crippen LogP contribution in [0.15, 0.2) is 18.3 Å². The minimum Gasteiger partial charge on any atom is -0.395 e. The Morgan fingerprint density at radius 3 is 2.90 bits per heavy atom. The molecule has 0 amide bonds. The normalized spacial score (nSPS) is 19.7. The minimum absolute atomic E-state index is 0.288. The number of aliphatic hydroxyl groups is 1. The zero-order valence-electron chi connectivity index (χ0n) is 13.3. The Balaban J connectivity index is 1.69. The Hall–Kier alpha value is -1.17. The van der Waals surface area contributed by atoms with E-state index in [9.17, 15) is 5.11 Å². The van der Waals surface area contributed by atoms with Crippen LogP contribution in [0, 0.1) is 0 Å². The molecule has 1 saturated heterocycles. The maximum absolute atomic E-state index is 9.39. The Morgan fingerprint density at radius 1 is 1.38 bits per heavy atom. The Morgan fingerprint density at radius 2 is 2.24 bits per heavy atom.